The number of carbonyl (C=O) groups excluding carboxylic acids is 1. The third kappa shape index (κ3) is 21.7. The number of unbranched alkanes of at least 4 members (excludes halogenated alkanes) is 15. The number of allylic oxidation sites excluding steroid dienone is 2. The molecule has 0 N–H and O–H groups in total. The van der Waals surface area contributed by atoms with E-state index in [-0.39, 0.29) is 5.24 Å². The summed E-state index contributed by atoms with van der Waals surface area (Å²) in [5.41, 5.74) is 0. The Morgan fingerprint density at radius 3 is 1.38 bits per heavy atom. The summed E-state index contributed by atoms with van der Waals surface area (Å²) in [5.74, 6) is 0. The molecule has 0 spiro atoms. The first-order valence-electron chi connectivity index (χ1n) is 10.6. The molecule has 0 aromatic rings. The van der Waals surface area contributed by atoms with Gasteiger partial charge in [0.2, 0.25) is 5.24 Å². The van der Waals surface area contributed by atoms with Gasteiger partial charge in [-0.25, -0.2) is 0 Å². The van der Waals surface area contributed by atoms with Gasteiger partial charge in [-0.05, 0) is 37.3 Å². The fourth-order valence-corrected chi connectivity index (χ4v) is 3.24. The van der Waals surface area contributed by atoms with Crippen LogP contribution in [0.3, 0.4) is 0 Å². The molecular formula is C22H41ClO. The van der Waals surface area contributed by atoms with Crippen LogP contribution in [0.15, 0.2) is 12.2 Å². The van der Waals surface area contributed by atoms with Crippen molar-refractivity contribution in [2.45, 2.75) is 122 Å². The zero-order chi connectivity index (χ0) is 17.7. The highest BCUT2D eigenvalue weighted by molar-refractivity contribution is 6.63. The Morgan fingerprint density at radius 2 is 1.00 bits per heavy atom. The summed E-state index contributed by atoms with van der Waals surface area (Å²) in [7, 11) is 0. The molecular weight excluding hydrogens is 316 g/mol. The first kappa shape index (κ1) is 23.7. The Morgan fingerprint density at radius 1 is 0.625 bits per heavy atom. The second kappa shape index (κ2) is 20.7. The highest BCUT2D eigenvalue weighted by Crippen LogP contribution is 2.14. The smallest absolute Gasteiger partial charge is 0.221 e. The summed E-state index contributed by atoms with van der Waals surface area (Å²) >= 11 is 5.32. The molecule has 0 saturated heterocycles. The lowest BCUT2D eigenvalue weighted by Gasteiger charge is -2.03. The van der Waals surface area contributed by atoms with Gasteiger partial charge in [-0.2, -0.15) is 0 Å². The van der Waals surface area contributed by atoms with Crippen molar-refractivity contribution in [2.24, 2.45) is 0 Å². The first-order chi connectivity index (χ1) is 11.8. The Labute approximate surface area is 156 Å². The van der Waals surface area contributed by atoms with Crippen LogP contribution in [0.2, 0.25) is 0 Å². The third-order valence-corrected chi connectivity index (χ3v) is 4.84. The van der Waals surface area contributed by atoms with Crippen LogP contribution >= 0.6 is 11.6 Å². The lowest BCUT2D eigenvalue weighted by atomic mass is 10.0. The Balaban J connectivity index is 3.00. The highest BCUT2D eigenvalue weighted by Gasteiger charge is 1.97. The molecule has 1 nitrogen and oxygen atoms in total. The van der Waals surface area contributed by atoms with Crippen molar-refractivity contribution in [1.29, 1.82) is 0 Å². The number of halogens is 1. The van der Waals surface area contributed by atoms with Crippen LogP contribution in [0.5, 0.6) is 0 Å². The van der Waals surface area contributed by atoms with Crippen molar-refractivity contribution in [3.63, 3.8) is 0 Å². The maximum absolute atomic E-state index is 10.6. The van der Waals surface area contributed by atoms with Gasteiger partial charge in [0.15, 0.2) is 0 Å². The molecule has 0 heterocycles. The van der Waals surface area contributed by atoms with Gasteiger partial charge in [0, 0.05) is 6.42 Å². The molecule has 0 aliphatic carbocycles. The number of hydrogen-bond donors (Lipinski definition) is 0. The lowest BCUT2D eigenvalue weighted by Crippen LogP contribution is -1.86. The maximum atomic E-state index is 10.6. The molecule has 0 fully saturated rings. The molecule has 0 atom stereocenters. The topological polar surface area (TPSA) is 17.1 Å². The minimum Gasteiger partial charge on any atom is -0.281 e. The molecule has 24 heavy (non-hydrogen) atoms. The van der Waals surface area contributed by atoms with Crippen LogP contribution in [-0.4, -0.2) is 5.24 Å². The predicted molar refractivity (Wildman–Crippen MR) is 109 cm³/mol. The van der Waals surface area contributed by atoms with Crippen LogP contribution in [0.4, 0.5) is 0 Å². The maximum Gasteiger partial charge on any atom is 0.221 e. The van der Waals surface area contributed by atoms with Crippen molar-refractivity contribution in [2.75, 3.05) is 0 Å². The molecule has 0 amide bonds. The van der Waals surface area contributed by atoms with Crippen LogP contribution in [0.1, 0.15) is 122 Å². The SMILES string of the molecule is CC/C=C/CCCCCCCCCCCCCCCCCC(=O)Cl. The minimum atomic E-state index is -0.181. The lowest BCUT2D eigenvalue weighted by molar-refractivity contribution is -0.111. The van der Waals surface area contributed by atoms with E-state index >= 15 is 0 Å². The van der Waals surface area contributed by atoms with Crippen molar-refractivity contribution < 1.29 is 4.79 Å². The second-order valence-corrected chi connectivity index (χ2v) is 7.50. The monoisotopic (exact) mass is 356 g/mol. The summed E-state index contributed by atoms with van der Waals surface area (Å²) in [6.07, 6.45) is 27.9. The van der Waals surface area contributed by atoms with E-state index in [0.29, 0.717) is 6.42 Å². The van der Waals surface area contributed by atoms with Crippen molar-refractivity contribution >= 4 is 16.8 Å². The van der Waals surface area contributed by atoms with Gasteiger partial charge in [0.25, 0.3) is 0 Å². The molecule has 0 radical (unpaired) electrons. The van der Waals surface area contributed by atoms with Crippen LogP contribution in [-0.2, 0) is 4.79 Å². The van der Waals surface area contributed by atoms with Crippen molar-refractivity contribution in [3.05, 3.63) is 12.2 Å². The van der Waals surface area contributed by atoms with Gasteiger partial charge in [-0.3, -0.25) is 4.79 Å². The molecule has 2 heteroatoms. The quantitative estimate of drug-likeness (QED) is 0.129. The van der Waals surface area contributed by atoms with Crippen LogP contribution < -0.4 is 0 Å². The Hall–Kier alpha value is -0.300. The summed E-state index contributed by atoms with van der Waals surface area (Å²) in [5, 5.41) is -0.181. The average Bonchev–Trinajstić information content (AvgIpc) is 2.56. The fourth-order valence-electron chi connectivity index (χ4n) is 3.11. The normalized spacial score (nSPS) is 11.4. The number of carbonyl (C=O) groups is 1. The predicted octanol–water partition coefficient (Wildman–Crippen LogP) is 8.35. The van der Waals surface area contributed by atoms with Crippen molar-refractivity contribution in [3.8, 4) is 0 Å². The zero-order valence-electron chi connectivity index (χ0n) is 16.2. The average molecular weight is 357 g/mol. The summed E-state index contributed by atoms with van der Waals surface area (Å²) in [6.45, 7) is 2.20. The van der Waals surface area contributed by atoms with Gasteiger partial charge < -0.3 is 0 Å². The number of rotatable bonds is 19. The molecule has 142 valence electrons. The van der Waals surface area contributed by atoms with Gasteiger partial charge in [0.1, 0.15) is 0 Å². The largest absolute Gasteiger partial charge is 0.281 e. The molecule has 0 saturated carbocycles. The highest BCUT2D eigenvalue weighted by atomic mass is 35.5. The van der Waals surface area contributed by atoms with E-state index in [2.05, 4.69) is 19.1 Å². The minimum absolute atomic E-state index is 0.181. The summed E-state index contributed by atoms with van der Waals surface area (Å²) in [6, 6.07) is 0. The Kier molecular flexibility index (Phi) is 20.5. The fraction of sp³-hybridized carbons (Fsp3) is 0.864. The molecule has 0 bridgehead atoms. The van der Waals surface area contributed by atoms with Crippen molar-refractivity contribution in [1.82, 2.24) is 0 Å². The van der Waals surface area contributed by atoms with E-state index in [1.807, 2.05) is 0 Å². The zero-order valence-corrected chi connectivity index (χ0v) is 16.9. The van der Waals surface area contributed by atoms with E-state index in [4.69, 9.17) is 11.6 Å². The van der Waals surface area contributed by atoms with Gasteiger partial charge in [0.05, 0.1) is 0 Å². The summed E-state index contributed by atoms with van der Waals surface area (Å²) < 4.78 is 0. The van der Waals surface area contributed by atoms with E-state index in [1.165, 1.54) is 96.3 Å². The van der Waals surface area contributed by atoms with Gasteiger partial charge in [-0.1, -0.05) is 103 Å². The molecule has 0 aliphatic heterocycles. The molecule has 0 aliphatic rings. The van der Waals surface area contributed by atoms with Gasteiger partial charge >= 0.3 is 0 Å². The first-order valence-corrected chi connectivity index (χ1v) is 11.0. The second-order valence-electron chi connectivity index (χ2n) is 7.08. The van der Waals surface area contributed by atoms with Crippen LogP contribution in [0, 0.1) is 0 Å². The third-order valence-electron chi connectivity index (χ3n) is 4.65. The summed E-state index contributed by atoms with van der Waals surface area (Å²) in [4.78, 5) is 10.6. The van der Waals surface area contributed by atoms with E-state index in [9.17, 15) is 4.79 Å². The standard InChI is InChI=1S/C22H41ClO/c1-2-3-4-5-6-7-8-9-10-11-12-13-14-15-16-17-18-19-20-21-22(23)24/h3-4H,2,5-21H2,1H3/b4-3+. The molecule has 0 unspecified atom stereocenters. The Bertz CT molecular complexity index is 286. The molecule has 0 aromatic heterocycles. The van der Waals surface area contributed by atoms with E-state index in [0.717, 1.165) is 12.8 Å². The molecule has 0 aromatic carbocycles. The van der Waals surface area contributed by atoms with Gasteiger partial charge in [-0.15, -0.1) is 0 Å². The molecule has 0 rings (SSSR count). The number of hydrogen-bond acceptors (Lipinski definition) is 1. The van der Waals surface area contributed by atoms with E-state index < -0.39 is 0 Å². The van der Waals surface area contributed by atoms with E-state index in [1.54, 1.807) is 0 Å². The van der Waals surface area contributed by atoms with Crippen LogP contribution in [0.25, 0.3) is 0 Å².